The van der Waals surface area contributed by atoms with Crippen molar-refractivity contribution in [1.82, 2.24) is 9.88 Å². The molecule has 0 spiro atoms. The zero-order chi connectivity index (χ0) is 20.8. The van der Waals surface area contributed by atoms with Crippen molar-refractivity contribution in [3.63, 3.8) is 0 Å². The molecule has 7 nitrogen and oxygen atoms in total. The van der Waals surface area contributed by atoms with E-state index in [-0.39, 0.29) is 18.6 Å². The lowest BCUT2D eigenvalue weighted by atomic mass is 10.2. The average molecular weight is 409 g/mol. The Bertz CT molecular complexity index is 1040. The molecule has 1 heterocycles. The Morgan fingerprint density at radius 1 is 1.17 bits per heavy atom. The van der Waals surface area contributed by atoms with Crippen LogP contribution in [0.3, 0.4) is 0 Å². The Labute approximate surface area is 172 Å². The van der Waals surface area contributed by atoms with Gasteiger partial charge in [-0.25, -0.2) is 9.78 Å². The van der Waals surface area contributed by atoms with E-state index in [4.69, 9.17) is 14.7 Å². The molecule has 3 aromatic rings. The van der Waals surface area contributed by atoms with Gasteiger partial charge in [-0.3, -0.25) is 4.79 Å². The highest BCUT2D eigenvalue weighted by molar-refractivity contribution is 7.18. The van der Waals surface area contributed by atoms with Crippen LogP contribution in [-0.2, 0) is 14.3 Å². The number of aromatic nitrogens is 1. The molecule has 1 amide bonds. The Morgan fingerprint density at radius 3 is 2.66 bits per heavy atom. The quantitative estimate of drug-likeness (QED) is 0.556. The largest absolute Gasteiger partial charge is 0.481 e. The Balaban J connectivity index is 1.51. The molecule has 0 N–H and O–H groups in total. The Kier molecular flexibility index (Phi) is 6.42. The maximum absolute atomic E-state index is 12.4. The number of hydrogen-bond acceptors (Lipinski definition) is 7. The second kappa shape index (κ2) is 9.17. The van der Waals surface area contributed by atoms with Crippen LogP contribution < -0.4 is 4.74 Å². The summed E-state index contributed by atoms with van der Waals surface area (Å²) in [4.78, 5) is 30.3. The topological polar surface area (TPSA) is 92.5 Å². The molecule has 0 aliphatic rings. The van der Waals surface area contributed by atoms with Crippen LogP contribution in [0.15, 0.2) is 48.5 Å². The van der Waals surface area contributed by atoms with E-state index >= 15 is 0 Å². The molecule has 1 atom stereocenters. The number of benzene rings is 2. The lowest BCUT2D eigenvalue weighted by molar-refractivity contribution is -0.153. The monoisotopic (exact) mass is 409 g/mol. The van der Waals surface area contributed by atoms with E-state index in [1.807, 2.05) is 37.3 Å². The predicted octanol–water partition coefficient (Wildman–Crippen LogP) is 3.31. The fourth-order valence-corrected chi connectivity index (χ4v) is 3.62. The van der Waals surface area contributed by atoms with Crippen molar-refractivity contribution >= 4 is 33.4 Å². The molecular weight excluding hydrogens is 390 g/mol. The number of nitriles is 1. The number of para-hydroxylation sites is 2. The van der Waals surface area contributed by atoms with Gasteiger partial charge < -0.3 is 14.4 Å². The lowest BCUT2D eigenvalue weighted by Crippen LogP contribution is -2.34. The van der Waals surface area contributed by atoms with Crippen molar-refractivity contribution in [3.8, 4) is 11.8 Å². The number of ether oxygens (including phenoxy) is 2. The average Bonchev–Trinajstić information content (AvgIpc) is 3.19. The number of esters is 1. The number of carbonyl (C=O) groups is 2. The normalized spacial score (nSPS) is 11.5. The molecule has 2 aromatic carbocycles. The molecule has 3 rings (SSSR count). The van der Waals surface area contributed by atoms with Crippen molar-refractivity contribution < 1.29 is 19.1 Å². The van der Waals surface area contributed by atoms with Gasteiger partial charge in [-0.05, 0) is 31.2 Å². The number of rotatable bonds is 7. The number of fused-ring (bicyclic) bond motifs is 1. The highest BCUT2D eigenvalue weighted by atomic mass is 32.1. The highest BCUT2D eigenvalue weighted by Gasteiger charge is 2.22. The molecule has 0 fully saturated rings. The minimum atomic E-state index is -0.688. The zero-order valence-corrected chi connectivity index (χ0v) is 16.8. The van der Waals surface area contributed by atoms with Crippen molar-refractivity contribution in [2.24, 2.45) is 0 Å². The number of nitrogens with zero attached hydrogens (tertiary/aromatic N) is 3. The van der Waals surface area contributed by atoms with Crippen LogP contribution in [-0.4, -0.2) is 42.0 Å². The number of carbonyl (C=O) groups excluding carboxylic acids is 2. The summed E-state index contributed by atoms with van der Waals surface area (Å²) in [6.07, 6.45) is 0. The van der Waals surface area contributed by atoms with Gasteiger partial charge in [-0.15, -0.1) is 11.3 Å². The molecule has 0 aliphatic carbocycles. The number of likely N-dealkylation sites (N-methyl/N-ethyl adjacent to an activating group) is 1. The molecule has 0 unspecified atom stereocenters. The highest BCUT2D eigenvalue weighted by Crippen LogP contribution is 2.28. The molecule has 0 bridgehead atoms. The minimum absolute atomic E-state index is 0.252. The molecule has 0 radical (unpaired) electrons. The Morgan fingerprint density at radius 2 is 1.90 bits per heavy atom. The molecule has 1 aromatic heterocycles. The maximum atomic E-state index is 12.4. The van der Waals surface area contributed by atoms with Gasteiger partial charge in [0.15, 0.2) is 13.2 Å². The van der Waals surface area contributed by atoms with Gasteiger partial charge in [0.1, 0.15) is 16.8 Å². The van der Waals surface area contributed by atoms with Gasteiger partial charge in [-0.2, -0.15) is 5.26 Å². The van der Waals surface area contributed by atoms with E-state index in [1.54, 1.807) is 31.3 Å². The van der Waals surface area contributed by atoms with Crippen LogP contribution in [0.25, 0.3) is 10.2 Å². The SMILES string of the molecule is C[C@@H](c1nc2ccccc2s1)N(C)C(=O)COC(=O)COc1ccccc1C#N. The van der Waals surface area contributed by atoms with Crippen LogP contribution in [0.2, 0.25) is 0 Å². The lowest BCUT2D eigenvalue weighted by Gasteiger charge is -2.23. The van der Waals surface area contributed by atoms with Crippen LogP contribution in [0.5, 0.6) is 5.75 Å². The van der Waals surface area contributed by atoms with E-state index < -0.39 is 12.6 Å². The van der Waals surface area contributed by atoms with E-state index in [0.29, 0.717) is 11.3 Å². The smallest absolute Gasteiger partial charge is 0.344 e. The van der Waals surface area contributed by atoms with Crippen molar-refractivity contribution in [1.29, 1.82) is 5.26 Å². The van der Waals surface area contributed by atoms with Gasteiger partial charge in [0.25, 0.3) is 5.91 Å². The number of hydrogen-bond donors (Lipinski definition) is 0. The van der Waals surface area contributed by atoms with Gasteiger partial charge in [0.2, 0.25) is 0 Å². The number of amides is 1. The molecule has 148 valence electrons. The van der Waals surface area contributed by atoms with E-state index in [9.17, 15) is 9.59 Å². The second-order valence-electron chi connectivity index (χ2n) is 6.26. The summed E-state index contributed by atoms with van der Waals surface area (Å²) in [7, 11) is 1.65. The second-order valence-corrected chi connectivity index (χ2v) is 7.32. The fourth-order valence-electron chi connectivity index (χ4n) is 2.56. The van der Waals surface area contributed by atoms with E-state index in [2.05, 4.69) is 4.98 Å². The van der Waals surface area contributed by atoms with Crippen LogP contribution >= 0.6 is 11.3 Å². The summed E-state index contributed by atoms with van der Waals surface area (Å²) in [5, 5.41) is 9.82. The predicted molar refractivity (Wildman–Crippen MR) is 108 cm³/mol. The van der Waals surface area contributed by atoms with E-state index in [1.165, 1.54) is 16.2 Å². The molecule has 29 heavy (non-hydrogen) atoms. The first kappa shape index (κ1) is 20.3. The third kappa shape index (κ3) is 4.89. The molecule has 0 saturated carbocycles. The van der Waals surface area contributed by atoms with Crippen molar-refractivity contribution in [2.75, 3.05) is 20.3 Å². The fraction of sp³-hybridized carbons (Fsp3) is 0.238. The first-order valence-corrected chi connectivity index (χ1v) is 9.70. The Hall–Kier alpha value is -3.44. The zero-order valence-electron chi connectivity index (χ0n) is 16.0. The molecule has 8 heteroatoms. The summed E-state index contributed by atoms with van der Waals surface area (Å²) in [6.45, 7) is 1.09. The first-order valence-electron chi connectivity index (χ1n) is 8.88. The standard InChI is InChI=1S/C21H19N3O4S/c1-14(21-23-16-8-4-6-10-18(16)29-21)24(2)19(25)12-28-20(26)13-27-17-9-5-3-7-15(17)11-22/h3-10,14H,12-13H2,1-2H3/t14-/m0/s1. The summed E-state index contributed by atoms with van der Waals surface area (Å²) < 4.78 is 11.4. The van der Waals surface area contributed by atoms with Gasteiger partial charge in [0, 0.05) is 7.05 Å². The van der Waals surface area contributed by atoms with Crippen LogP contribution in [0, 0.1) is 11.3 Å². The summed E-state index contributed by atoms with van der Waals surface area (Å²) in [5.74, 6) is -0.741. The van der Waals surface area contributed by atoms with Gasteiger partial charge in [0.05, 0.1) is 21.8 Å². The summed E-state index contributed by atoms with van der Waals surface area (Å²) >= 11 is 1.53. The minimum Gasteiger partial charge on any atom is -0.481 e. The molecule has 0 saturated heterocycles. The van der Waals surface area contributed by atoms with E-state index in [0.717, 1.165) is 15.2 Å². The maximum Gasteiger partial charge on any atom is 0.344 e. The summed E-state index contributed by atoms with van der Waals surface area (Å²) in [5.41, 5.74) is 1.21. The van der Waals surface area contributed by atoms with Gasteiger partial charge in [-0.1, -0.05) is 24.3 Å². The first-order chi connectivity index (χ1) is 14.0. The van der Waals surface area contributed by atoms with Crippen molar-refractivity contribution in [2.45, 2.75) is 13.0 Å². The molecular formula is C21H19N3O4S. The third-order valence-corrected chi connectivity index (χ3v) is 5.56. The van der Waals surface area contributed by atoms with Crippen LogP contribution in [0.4, 0.5) is 0 Å². The van der Waals surface area contributed by atoms with Crippen LogP contribution in [0.1, 0.15) is 23.5 Å². The van der Waals surface area contributed by atoms with Gasteiger partial charge >= 0.3 is 5.97 Å². The number of thiazole rings is 1. The summed E-state index contributed by atoms with van der Waals surface area (Å²) in [6, 6.07) is 16.1. The van der Waals surface area contributed by atoms with Crippen molar-refractivity contribution in [3.05, 3.63) is 59.1 Å². The molecule has 0 aliphatic heterocycles. The third-order valence-electron chi connectivity index (χ3n) is 4.35.